The number of amides is 1. The Labute approximate surface area is 148 Å². The maximum atomic E-state index is 12.8. The first-order valence-corrected chi connectivity index (χ1v) is 8.47. The van der Waals surface area contributed by atoms with E-state index in [1.165, 1.54) is 0 Å². The lowest BCUT2D eigenvalue weighted by molar-refractivity contribution is 0.0709. The summed E-state index contributed by atoms with van der Waals surface area (Å²) in [6.45, 7) is 4.39. The summed E-state index contributed by atoms with van der Waals surface area (Å²) < 4.78 is 10.7. The zero-order chi connectivity index (χ0) is 17.8. The van der Waals surface area contributed by atoms with E-state index >= 15 is 0 Å². The van der Waals surface area contributed by atoms with Crippen molar-refractivity contribution >= 4 is 5.91 Å². The summed E-state index contributed by atoms with van der Waals surface area (Å²) >= 11 is 0. The number of piperazine rings is 1. The Hall–Kier alpha value is -2.53. The summed E-state index contributed by atoms with van der Waals surface area (Å²) in [6, 6.07) is 13.7. The third kappa shape index (κ3) is 3.77. The van der Waals surface area contributed by atoms with Crippen molar-refractivity contribution in [3.63, 3.8) is 0 Å². The maximum Gasteiger partial charge on any atom is 0.253 e. The van der Waals surface area contributed by atoms with Gasteiger partial charge in [0.25, 0.3) is 5.91 Å². The van der Waals surface area contributed by atoms with Gasteiger partial charge < -0.3 is 19.7 Å². The van der Waals surface area contributed by atoms with Crippen molar-refractivity contribution in [2.24, 2.45) is 0 Å². The second kappa shape index (κ2) is 7.57. The molecule has 2 aromatic carbocycles. The van der Waals surface area contributed by atoms with E-state index in [9.17, 15) is 4.79 Å². The van der Waals surface area contributed by atoms with Crippen molar-refractivity contribution in [3.8, 4) is 22.6 Å². The van der Waals surface area contributed by atoms with Gasteiger partial charge in [-0.05, 0) is 36.8 Å². The molecule has 25 heavy (non-hydrogen) atoms. The Morgan fingerprint density at radius 3 is 2.72 bits per heavy atom. The Morgan fingerprint density at radius 2 is 2.00 bits per heavy atom. The summed E-state index contributed by atoms with van der Waals surface area (Å²) in [5.41, 5.74) is 2.59. The van der Waals surface area contributed by atoms with E-state index in [-0.39, 0.29) is 5.91 Å². The molecule has 1 aliphatic rings. The predicted octanol–water partition coefficient (Wildman–Crippen LogP) is 2.80. The number of hydrogen-bond donors (Lipinski definition) is 1. The van der Waals surface area contributed by atoms with E-state index in [1.54, 1.807) is 14.2 Å². The Balaban J connectivity index is 1.90. The molecular formula is C20H24N2O3. The predicted molar refractivity (Wildman–Crippen MR) is 98.4 cm³/mol. The normalized spacial score (nSPS) is 17.2. The van der Waals surface area contributed by atoms with Crippen LogP contribution in [0.4, 0.5) is 0 Å². The van der Waals surface area contributed by atoms with E-state index in [1.807, 2.05) is 47.4 Å². The van der Waals surface area contributed by atoms with Crippen LogP contribution < -0.4 is 14.8 Å². The smallest absolute Gasteiger partial charge is 0.253 e. The number of nitrogens with zero attached hydrogens (tertiary/aromatic N) is 1. The molecule has 1 amide bonds. The van der Waals surface area contributed by atoms with E-state index in [2.05, 4.69) is 12.2 Å². The number of ether oxygens (including phenoxy) is 2. The fourth-order valence-corrected chi connectivity index (χ4v) is 3.16. The van der Waals surface area contributed by atoms with Crippen LogP contribution in [-0.4, -0.2) is 50.7 Å². The van der Waals surface area contributed by atoms with E-state index < -0.39 is 0 Å². The van der Waals surface area contributed by atoms with Crippen molar-refractivity contribution in [2.45, 2.75) is 13.0 Å². The van der Waals surface area contributed by atoms with Crippen molar-refractivity contribution in [1.82, 2.24) is 10.2 Å². The molecule has 5 heteroatoms. The zero-order valence-corrected chi connectivity index (χ0v) is 14.9. The minimum Gasteiger partial charge on any atom is -0.497 e. The van der Waals surface area contributed by atoms with Crippen LogP contribution >= 0.6 is 0 Å². The summed E-state index contributed by atoms with van der Waals surface area (Å²) in [6.07, 6.45) is 0. The molecule has 3 rings (SSSR count). The van der Waals surface area contributed by atoms with Crippen molar-refractivity contribution in [3.05, 3.63) is 48.0 Å². The molecule has 5 nitrogen and oxygen atoms in total. The molecule has 1 heterocycles. The third-order valence-corrected chi connectivity index (χ3v) is 4.49. The second-order valence-electron chi connectivity index (χ2n) is 6.25. The van der Waals surface area contributed by atoms with Crippen LogP contribution in [0.1, 0.15) is 17.3 Å². The Morgan fingerprint density at radius 1 is 1.16 bits per heavy atom. The molecule has 0 aromatic heterocycles. The van der Waals surface area contributed by atoms with Gasteiger partial charge in [0.2, 0.25) is 0 Å². The summed E-state index contributed by atoms with van der Waals surface area (Å²) in [5, 5.41) is 3.36. The monoisotopic (exact) mass is 340 g/mol. The van der Waals surface area contributed by atoms with Crippen molar-refractivity contribution < 1.29 is 14.3 Å². The molecule has 0 radical (unpaired) electrons. The highest BCUT2D eigenvalue weighted by Crippen LogP contribution is 2.33. The average Bonchev–Trinajstić information content (AvgIpc) is 2.67. The van der Waals surface area contributed by atoms with Crippen molar-refractivity contribution in [2.75, 3.05) is 33.9 Å². The molecule has 132 valence electrons. The fraction of sp³-hybridized carbons (Fsp3) is 0.350. The zero-order valence-electron chi connectivity index (χ0n) is 14.9. The first-order chi connectivity index (χ1) is 12.1. The molecule has 0 bridgehead atoms. The molecule has 1 saturated heterocycles. The summed E-state index contributed by atoms with van der Waals surface area (Å²) in [7, 11) is 3.26. The molecule has 0 spiro atoms. The van der Waals surface area contributed by atoms with Gasteiger partial charge in [0.05, 0.1) is 14.2 Å². The molecule has 0 saturated carbocycles. The minimum absolute atomic E-state index is 0.0719. The molecule has 1 fully saturated rings. The van der Waals surface area contributed by atoms with Gasteiger partial charge in [-0.1, -0.05) is 12.1 Å². The number of nitrogens with one attached hydrogen (secondary N) is 1. The number of methoxy groups -OCH3 is 2. The van der Waals surface area contributed by atoms with Gasteiger partial charge >= 0.3 is 0 Å². The molecule has 2 aromatic rings. The molecule has 1 atom stereocenters. The van der Waals surface area contributed by atoms with E-state index in [0.29, 0.717) is 11.6 Å². The number of benzene rings is 2. The van der Waals surface area contributed by atoms with Gasteiger partial charge in [-0.25, -0.2) is 0 Å². The highest BCUT2D eigenvalue weighted by molar-refractivity contribution is 5.95. The lowest BCUT2D eigenvalue weighted by atomic mass is 10.0. The highest BCUT2D eigenvalue weighted by Gasteiger charge is 2.22. The van der Waals surface area contributed by atoms with Gasteiger partial charge in [-0.3, -0.25) is 4.79 Å². The maximum absolute atomic E-state index is 12.8. The molecule has 1 N–H and O–H groups in total. The first-order valence-electron chi connectivity index (χ1n) is 8.47. The number of hydrogen-bond acceptors (Lipinski definition) is 4. The first kappa shape index (κ1) is 17.3. The van der Waals surface area contributed by atoms with Gasteiger partial charge in [-0.2, -0.15) is 0 Å². The molecule has 0 unspecified atom stereocenters. The molecule has 0 aliphatic carbocycles. The molecular weight excluding hydrogens is 316 g/mol. The summed E-state index contributed by atoms with van der Waals surface area (Å²) in [4.78, 5) is 14.7. The van der Waals surface area contributed by atoms with Crippen LogP contribution in [0.3, 0.4) is 0 Å². The number of carbonyl (C=O) groups is 1. The van der Waals surface area contributed by atoms with Crippen LogP contribution in [0.15, 0.2) is 42.5 Å². The van der Waals surface area contributed by atoms with Crippen molar-refractivity contribution in [1.29, 1.82) is 0 Å². The third-order valence-electron chi connectivity index (χ3n) is 4.49. The average molecular weight is 340 g/mol. The standard InChI is InChI=1S/C20H24N2O3/c1-14-13-22(10-9-21-14)20(23)16-6-4-5-15(11-16)18-8-7-17(24-2)12-19(18)25-3/h4-8,11-12,14,21H,9-10,13H2,1-3H3/t14-/m0/s1. The topological polar surface area (TPSA) is 50.8 Å². The largest absolute Gasteiger partial charge is 0.497 e. The van der Waals surface area contributed by atoms with Gasteiger partial charge in [0, 0.05) is 42.9 Å². The minimum atomic E-state index is 0.0719. The van der Waals surface area contributed by atoms with E-state index in [0.717, 1.165) is 42.3 Å². The lowest BCUT2D eigenvalue weighted by Crippen LogP contribution is -2.51. The quantitative estimate of drug-likeness (QED) is 0.930. The van der Waals surface area contributed by atoms with Gasteiger partial charge in [0.15, 0.2) is 0 Å². The van der Waals surface area contributed by atoms with Crippen LogP contribution in [0.5, 0.6) is 11.5 Å². The summed E-state index contributed by atoms with van der Waals surface area (Å²) in [5.74, 6) is 1.53. The number of carbonyl (C=O) groups excluding carboxylic acids is 1. The van der Waals surface area contributed by atoms with Gasteiger partial charge in [0.1, 0.15) is 11.5 Å². The Bertz CT molecular complexity index is 760. The van der Waals surface area contributed by atoms with Gasteiger partial charge in [-0.15, -0.1) is 0 Å². The SMILES string of the molecule is COc1ccc(-c2cccc(C(=O)N3CCN[C@@H](C)C3)c2)c(OC)c1. The van der Waals surface area contributed by atoms with Crippen LogP contribution in [0.25, 0.3) is 11.1 Å². The number of rotatable bonds is 4. The molecule has 1 aliphatic heterocycles. The highest BCUT2D eigenvalue weighted by atomic mass is 16.5. The lowest BCUT2D eigenvalue weighted by Gasteiger charge is -2.32. The second-order valence-corrected chi connectivity index (χ2v) is 6.25. The van der Waals surface area contributed by atoms with Crippen LogP contribution in [0.2, 0.25) is 0 Å². The Kier molecular flexibility index (Phi) is 5.24. The van der Waals surface area contributed by atoms with Crippen LogP contribution in [-0.2, 0) is 0 Å². The van der Waals surface area contributed by atoms with E-state index in [4.69, 9.17) is 9.47 Å². The van der Waals surface area contributed by atoms with Crippen LogP contribution in [0, 0.1) is 0 Å². The fourth-order valence-electron chi connectivity index (χ4n) is 3.16.